The maximum Gasteiger partial charge on any atom is 0.416 e. The van der Waals surface area contributed by atoms with Gasteiger partial charge in [-0.15, -0.1) is 0 Å². The van der Waals surface area contributed by atoms with Crippen LogP contribution in [0.5, 0.6) is 5.75 Å². The number of alkyl halides is 3. The molecule has 0 spiro atoms. The zero-order valence-electron chi connectivity index (χ0n) is 21.5. The lowest BCUT2D eigenvalue weighted by Gasteiger charge is -2.17. The van der Waals surface area contributed by atoms with Gasteiger partial charge in [-0.05, 0) is 61.2 Å². The first kappa shape index (κ1) is 29.4. The average Bonchev–Trinajstić information content (AvgIpc) is 3.41. The Morgan fingerprint density at radius 1 is 1.05 bits per heavy atom. The van der Waals surface area contributed by atoms with E-state index in [9.17, 15) is 36.2 Å². The number of halogens is 6. The number of aromatic hydroxyl groups is 1. The van der Waals surface area contributed by atoms with Crippen molar-refractivity contribution in [2.75, 3.05) is 11.9 Å². The second kappa shape index (κ2) is 12.3. The molecule has 0 aliphatic rings. The van der Waals surface area contributed by atoms with Gasteiger partial charge in [0.2, 0.25) is 5.82 Å². The molecular weight excluding hydrogens is 556 g/mol. The van der Waals surface area contributed by atoms with Crippen LogP contribution in [0, 0.1) is 17.5 Å². The third-order valence-corrected chi connectivity index (χ3v) is 6.07. The van der Waals surface area contributed by atoms with E-state index >= 15 is 0 Å². The molecule has 2 N–H and O–H groups in total. The summed E-state index contributed by atoms with van der Waals surface area (Å²) in [7, 11) is 0. The van der Waals surface area contributed by atoms with Crippen LogP contribution in [-0.2, 0) is 28.7 Å². The second-order valence-corrected chi connectivity index (χ2v) is 8.86. The summed E-state index contributed by atoms with van der Waals surface area (Å²) in [6.07, 6.45) is -3.92. The van der Waals surface area contributed by atoms with Crippen LogP contribution in [0.4, 0.5) is 32.0 Å². The molecule has 0 atom stereocenters. The van der Waals surface area contributed by atoms with Crippen molar-refractivity contribution < 1.29 is 45.5 Å². The summed E-state index contributed by atoms with van der Waals surface area (Å²) in [5, 5.41) is 16.3. The lowest BCUT2D eigenvalue weighted by Crippen LogP contribution is -2.13. The van der Waals surface area contributed by atoms with Gasteiger partial charge in [-0.1, -0.05) is 23.4 Å². The molecule has 0 bridgehead atoms. The van der Waals surface area contributed by atoms with Gasteiger partial charge in [0.15, 0.2) is 17.4 Å². The highest BCUT2D eigenvalue weighted by Crippen LogP contribution is 2.34. The molecule has 4 rings (SSSR count). The van der Waals surface area contributed by atoms with Crippen molar-refractivity contribution in [1.82, 2.24) is 10.1 Å². The topological polar surface area (TPSA) is 97.5 Å². The number of anilines is 1. The van der Waals surface area contributed by atoms with Gasteiger partial charge in [-0.3, -0.25) is 4.79 Å². The molecule has 4 aromatic rings. The Morgan fingerprint density at radius 2 is 1.80 bits per heavy atom. The highest BCUT2D eigenvalue weighted by atomic mass is 19.4. The molecular formula is C28H23F6N3O4. The fourth-order valence-electron chi connectivity index (χ4n) is 4.07. The van der Waals surface area contributed by atoms with Crippen molar-refractivity contribution in [2.45, 2.75) is 38.9 Å². The van der Waals surface area contributed by atoms with Crippen molar-refractivity contribution in [3.05, 3.63) is 82.7 Å². The van der Waals surface area contributed by atoms with Crippen molar-refractivity contribution in [3.8, 4) is 28.6 Å². The summed E-state index contributed by atoms with van der Waals surface area (Å²) in [6, 6.07) is 9.00. The molecule has 1 aromatic heterocycles. The SMILES string of the molecule is CCOC(=O)CCCc1ccc(-c2noc(-c3ccc(F)c(O)c3F)n2)cc1NCc1ccc(F)cc1C(F)(F)F. The van der Waals surface area contributed by atoms with E-state index in [2.05, 4.69) is 15.5 Å². The van der Waals surface area contributed by atoms with Crippen molar-refractivity contribution in [2.24, 2.45) is 0 Å². The Balaban J connectivity index is 1.64. The summed E-state index contributed by atoms with van der Waals surface area (Å²) >= 11 is 0. The van der Waals surface area contributed by atoms with Crippen LogP contribution >= 0.6 is 0 Å². The first-order valence-electron chi connectivity index (χ1n) is 12.4. The van der Waals surface area contributed by atoms with Gasteiger partial charge in [-0.25, -0.2) is 13.2 Å². The fourth-order valence-corrected chi connectivity index (χ4v) is 4.07. The quantitative estimate of drug-likeness (QED) is 0.154. The maximum absolute atomic E-state index is 14.3. The third kappa shape index (κ3) is 6.97. The van der Waals surface area contributed by atoms with Crippen LogP contribution in [0.2, 0.25) is 0 Å². The number of carbonyl (C=O) groups excluding carboxylic acids is 1. The van der Waals surface area contributed by atoms with Crippen LogP contribution < -0.4 is 5.32 Å². The smallest absolute Gasteiger partial charge is 0.416 e. The summed E-state index contributed by atoms with van der Waals surface area (Å²) in [5.74, 6) is -5.46. The number of carbonyl (C=O) groups is 1. The molecule has 0 saturated heterocycles. The predicted molar refractivity (Wildman–Crippen MR) is 135 cm³/mol. The fraction of sp³-hybridized carbons (Fsp3) is 0.250. The number of rotatable bonds is 10. The summed E-state index contributed by atoms with van der Waals surface area (Å²) < 4.78 is 91.9. The number of nitrogens with zero attached hydrogens (tertiary/aromatic N) is 2. The highest BCUT2D eigenvalue weighted by molar-refractivity contribution is 5.70. The largest absolute Gasteiger partial charge is 0.503 e. The molecule has 216 valence electrons. The summed E-state index contributed by atoms with van der Waals surface area (Å²) in [5.41, 5.74) is -0.313. The minimum absolute atomic E-state index is 0.0258. The minimum atomic E-state index is -4.78. The zero-order valence-corrected chi connectivity index (χ0v) is 21.5. The molecule has 0 fully saturated rings. The number of phenolic OH excluding ortho intramolecular Hbond substituents is 1. The van der Waals surface area contributed by atoms with Gasteiger partial charge in [-0.2, -0.15) is 18.2 Å². The average molecular weight is 579 g/mol. The summed E-state index contributed by atoms with van der Waals surface area (Å²) in [4.78, 5) is 15.8. The van der Waals surface area contributed by atoms with Crippen LogP contribution in [0.15, 0.2) is 53.1 Å². The number of hydrogen-bond donors (Lipinski definition) is 2. The van der Waals surface area contributed by atoms with E-state index in [1.54, 1.807) is 19.1 Å². The molecule has 13 heteroatoms. The number of nitrogens with one attached hydrogen (secondary N) is 1. The first-order chi connectivity index (χ1) is 19.5. The van der Waals surface area contributed by atoms with Crippen molar-refractivity contribution >= 4 is 11.7 Å². The number of benzene rings is 3. The van der Waals surface area contributed by atoms with Crippen LogP contribution in [0.1, 0.15) is 36.5 Å². The number of aryl methyl sites for hydroxylation is 1. The highest BCUT2D eigenvalue weighted by Gasteiger charge is 2.33. The molecule has 0 aliphatic heterocycles. The van der Waals surface area contributed by atoms with Gasteiger partial charge >= 0.3 is 12.1 Å². The molecule has 0 aliphatic carbocycles. The second-order valence-electron chi connectivity index (χ2n) is 8.86. The lowest BCUT2D eigenvalue weighted by molar-refractivity contribution is -0.143. The van der Waals surface area contributed by atoms with Gasteiger partial charge in [0.25, 0.3) is 5.89 Å². The molecule has 0 radical (unpaired) electrons. The van der Waals surface area contributed by atoms with E-state index in [4.69, 9.17) is 9.26 Å². The van der Waals surface area contributed by atoms with E-state index in [1.165, 1.54) is 6.07 Å². The van der Waals surface area contributed by atoms with E-state index in [-0.39, 0.29) is 42.4 Å². The molecule has 1 heterocycles. The van der Waals surface area contributed by atoms with Gasteiger partial charge in [0.05, 0.1) is 17.7 Å². The van der Waals surface area contributed by atoms with Crippen molar-refractivity contribution in [1.29, 1.82) is 0 Å². The molecule has 0 saturated carbocycles. The Morgan fingerprint density at radius 3 is 2.54 bits per heavy atom. The first-order valence-corrected chi connectivity index (χ1v) is 12.4. The Hall–Kier alpha value is -4.55. The molecule has 7 nitrogen and oxygen atoms in total. The standard InChI is InChI=1S/C28H23F6N3O4/c1-2-40-23(38)5-3-4-15-6-7-16(26-36-27(41-37-26)19-10-11-21(30)25(39)24(19)31)12-22(15)35-14-17-8-9-18(29)13-20(17)28(32,33)34/h6-13,35,39H,2-5,14H2,1H3. The Kier molecular flexibility index (Phi) is 8.84. The molecule has 3 aromatic carbocycles. The van der Waals surface area contributed by atoms with E-state index < -0.39 is 40.9 Å². The Bertz CT molecular complexity index is 1550. The number of ether oxygens (including phenoxy) is 1. The van der Waals surface area contributed by atoms with Crippen molar-refractivity contribution in [3.63, 3.8) is 0 Å². The maximum atomic E-state index is 14.3. The van der Waals surface area contributed by atoms with E-state index in [0.717, 1.165) is 24.3 Å². The predicted octanol–water partition coefficient (Wildman–Crippen LogP) is 7.04. The number of esters is 1. The van der Waals surface area contributed by atoms with Gasteiger partial charge in [0, 0.05) is 24.2 Å². The van der Waals surface area contributed by atoms with E-state index in [1.807, 2.05) is 0 Å². The van der Waals surface area contributed by atoms with Crippen LogP contribution in [0.3, 0.4) is 0 Å². The summed E-state index contributed by atoms with van der Waals surface area (Å²) in [6.45, 7) is 1.59. The molecule has 41 heavy (non-hydrogen) atoms. The molecule has 0 unspecified atom stereocenters. The number of phenols is 1. The van der Waals surface area contributed by atoms with Gasteiger partial charge in [0.1, 0.15) is 5.82 Å². The monoisotopic (exact) mass is 579 g/mol. The van der Waals surface area contributed by atoms with Crippen LogP contribution in [-0.4, -0.2) is 27.8 Å². The number of aromatic nitrogens is 2. The Labute approximate surface area is 229 Å². The van der Waals surface area contributed by atoms with Crippen LogP contribution in [0.25, 0.3) is 22.8 Å². The van der Waals surface area contributed by atoms with E-state index in [0.29, 0.717) is 35.7 Å². The normalized spacial score (nSPS) is 11.5. The third-order valence-electron chi connectivity index (χ3n) is 6.07. The zero-order chi connectivity index (χ0) is 29.7. The molecule has 0 amide bonds. The number of hydrogen-bond acceptors (Lipinski definition) is 7. The van der Waals surface area contributed by atoms with Gasteiger partial charge < -0.3 is 19.7 Å². The minimum Gasteiger partial charge on any atom is -0.503 e. The lowest BCUT2D eigenvalue weighted by atomic mass is 10.0.